The third kappa shape index (κ3) is 4.75. The number of ether oxygens (including phenoxy) is 1. The lowest BCUT2D eigenvalue weighted by Gasteiger charge is -2.10. The van der Waals surface area contributed by atoms with Crippen LogP contribution in [-0.2, 0) is 18.0 Å². The van der Waals surface area contributed by atoms with Gasteiger partial charge in [-0.05, 0) is 36.0 Å². The van der Waals surface area contributed by atoms with Gasteiger partial charge in [0.05, 0.1) is 5.52 Å². The number of halogens is 3. The van der Waals surface area contributed by atoms with Crippen molar-refractivity contribution in [2.45, 2.75) is 32.8 Å². The summed E-state index contributed by atoms with van der Waals surface area (Å²) in [6.45, 7) is 2.45. The molecule has 0 unspecified atom stereocenters. The van der Waals surface area contributed by atoms with Crippen molar-refractivity contribution in [3.8, 4) is 0 Å². The van der Waals surface area contributed by atoms with Gasteiger partial charge < -0.3 is 14.6 Å². The van der Waals surface area contributed by atoms with E-state index >= 15 is 0 Å². The first kappa shape index (κ1) is 15.9. The molecule has 1 aromatic carbocycles. The van der Waals surface area contributed by atoms with Crippen molar-refractivity contribution in [1.82, 2.24) is 9.88 Å². The van der Waals surface area contributed by atoms with E-state index in [1.165, 1.54) is 0 Å². The van der Waals surface area contributed by atoms with Gasteiger partial charge in [0.15, 0.2) is 0 Å². The van der Waals surface area contributed by atoms with Gasteiger partial charge in [0.1, 0.15) is 13.3 Å². The van der Waals surface area contributed by atoms with E-state index in [1.807, 2.05) is 24.3 Å². The van der Waals surface area contributed by atoms with E-state index < -0.39 is 12.8 Å². The average Bonchev–Trinajstić information content (AvgIpc) is 2.81. The molecular formula is C15H19F3N2O. The number of benzene rings is 1. The number of rotatable bonds is 7. The number of fused-ring (bicyclic) bond motifs is 1. The molecule has 1 N–H and O–H groups in total. The van der Waals surface area contributed by atoms with E-state index in [2.05, 4.69) is 12.2 Å². The highest BCUT2D eigenvalue weighted by atomic mass is 19.4. The third-order valence-electron chi connectivity index (χ3n) is 3.09. The van der Waals surface area contributed by atoms with E-state index in [9.17, 15) is 13.2 Å². The van der Waals surface area contributed by atoms with Crippen molar-refractivity contribution in [2.24, 2.45) is 0 Å². The molecule has 0 aliphatic rings. The Balaban J connectivity index is 2.04. The number of nitrogens with one attached hydrogen (secondary N) is 1. The molecule has 0 saturated carbocycles. The maximum Gasteiger partial charge on any atom is 0.411 e. The highest BCUT2D eigenvalue weighted by Gasteiger charge is 2.27. The van der Waals surface area contributed by atoms with Crippen LogP contribution in [0.5, 0.6) is 0 Å². The number of nitrogens with zero attached hydrogens (tertiary/aromatic N) is 1. The van der Waals surface area contributed by atoms with Gasteiger partial charge in [-0.2, -0.15) is 13.2 Å². The van der Waals surface area contributed by atoms with Crippen LogP contribution in [0, 0.1) is 0 Å². The Morgan fingerprint density at radius 3 is 2.76 bits per heavy atom. The normalized spacial score (nSPS) is 12.2. The van der Waals surface area contributed by atoms with Crippen LogP contribution in [0.4, 0.5) is 13.2 Å². The fourth-order valence-corrected chi connectivity index (χ4v) is 2.12. The Morgan fingerprint density at radius 1 is 1.24 bits per heavy atom. The zero-order chi connectivity index (χ0) is 15.3. The molecule has 0 saturated heterocycles. The Labute approximate surface area is 121 Å². The van der Waals surface area contributed by atoms with Crippen molar-refractivity contribution in [1.29, 1.82) is 0 Å². The van der Waals surface area contributed by atoms with E-state index in [1.54, 1.807) is 10.8 Å². The molecule has 0 aliphatic heterocycles. The van der Waals surface area contributed by atoms with Crippen LogP contribution in [0.3, 0.4) is 0 Å². The van der Waals surface area contributed by atoms with Crippen LogP contribution in [-0.4, -0.2) is 23.9 Å². The van der Waals surface area contributed by atoms with Gasteiger partial charge >= 0.3 is 6.18 Å². The Hall–Kier alpha value is -1.53. The van der Waals surface area contributed by atoms with Gasteiger partial charge in [-0.25, -0.2) is 0 Å². The molecule has 0 bridgehead atoms. The summed E-state index contributed by atoms with van der Waals surface area (Å²) in [5.74, 6) is 0. The molecule has 2 aromatic rings. The number of aromatic nitrogens is 1. The Morgan fingerprint density at radius 2 is 2.05 bits per heavy atom. The number of hydrogen-bond acceptors (Lipinski definition) is 2. The fraction of sp³-hybridized carbons (Fsp3) is 0.467. The highest BCUT2D eigenvalue weighted by molar-refractivity contribution is 5.80. The van der Waals surface area contributed by atoms with E-state index in [4.69, 9.17) is 4.74 Å². The molecule has 0 fully saturated rings. The van der Waals surface area contributed by atoms with E-state index in [0.717, 1.165) is 36.0 Å². The first-order valence-electron chi connectivity index (χ1n) is 6.92. The van der Waals surface area contributed by atoms with Gasteiger partial charge in [-0.3, -0.25) is 0 Å². The average molecular weight is 300 g/mol. The molecular weight excluding hydrogens is 281 g/mol. The highest BCUT2D eigenvalue weighted by Crippen LogP contribution is 2.19. The summed E-state index contributed by atoms with van der Waals surface area (Å²) in [7, 11) is 0. The second-order valence-electron chi connectivity index (χ2n) is 4.95. The van der Waals surface area contributed by atoms with Crippen LogP contribution in [0.2, 0.25) is 0 Å². The summed E-state index contributed by atoms with van der Waals surface area (Å²) in [6, 6.07) is 7.84. The summed E-state index contributed by atoms with van der Waals surface area (Å²) >= 11 is 0. The number of hydrogen-bond donors (Lipinski definition) is 1. The predicted molar refractivity (Wildman–Crippen MR) is 75.9 cm³/mol. The molecule has 2 rings (SSSR count). The molecule has 21 heavy (non-hydrogen) atoms. The molecule has 0 atom stereocenters. The maximum atomic E-state index is 12.1. The van der Waals surface area contributed by atoms with Gasteiger partial charge in [0.2, 0.25) is 0 Å². The lowest BCUT2D eigenvalue weighted by atomic mass is 10.1. The molecule has 116 valence electrons. The minimum absolute atomic E-state index is 0.102. The standard InChI is InChI=1S/C15H19F3N2O/c1-2-6-19-9-12-3-4-13-5-7-20(14(13)8-12)11-21-10-15(16,17)18/h3-5,7-8,19H,2,6,9-11H2,1H3. The van der Waals surface area contributed by atoms with Crippen molar-refractivity contribution < 1.29 is 17.9 Å². The zero-order valence-corrected chi connectivity index (χ0v) is 11.9. The Bertz CT molecular complexity index is 578. The molecule has 1 heterocycles. The van der Waals surface area contributed by atoms with Gasteiger partial charge in [-0.1, -0.05) is 19.1 Å². The monoisotopic (exact) mass is 300 g/mol. The summed E-state index contributed by atoms with van der Waals surface area (Å²) in [5, 5.41) is 4.29. The van der Waals surface area contributed by atoms with E-state index in [-0.39, 0.29) is 6.73 Å². The molecule has 0 amide bonds. The zero-order valence-electron chi connectivity index (χ0n) is 11.9. The predicted octanol–water partition coefficient (Wildman–Crippen LogP) is 3.68. The van der Waals surface area contributed by atoms with Crippen LogP contribution < -0.4 is 5.32 Å². The smallest absolute Gasteiger partial charge is 0.351 e. The van der Waals surface area contributed by atoms with Crippen LogP contribution in [0.25, 0.3) is 10.9 Å². The summed E-state index contributed by atoms with van der Waals surface area (Å²) in [4.78, 5) is 0. The quantitative estimate of drug-likeness (QED) is 0.790. The van der Waals surface area contributed by atoms with Crippen molar-refractivity contribution in [3.63, 3.8) is 0 Å². The third-order valence-corrected chi connectivity index (χ3v) is 3.09. The first-order valence-corrected chi connectivity index (χ1v) is 6.92. The van der Waals surface area contributed by atoms with Crippen molar-refractivity contribution >= 4 is 10.9 Å². The van der Waals surface area contributed by atoms with Gasteiger partial charge in [0, 0.05) is 12.7 Å². The number of alkyl halides is 3. The van der Waals surface area contributed by atoms with Crippen molar-refractivity contribution in [2.75, 3.05) is 13.2 Å². The maximum absolute atomic E-state index is 12.1. The van der Waals surface area contributed by atoms with E-state index in [0.29, 0.717) is 0 Å². The van der Waals surface area contributed by atoms with Gasteiger partial charge in [0.25, 0.3) is 0 Å². The molecule has 6 heteroatoms. The molecule has 0 radical (unpaired) electrons. The second kappa shape index (κ2) is 6.95. The SMILES string of the molecule is CCCNCc1ccc2ccn(COCC(F)(F)F)c2c1. The minimum atomic E-state index is -4.29. The Kier molecular flexibility index (Phi) is 5.25. The van der Waals surface area contributed by atoms with Crippen LogP contribution in [0.1, 0.15) is 18.9 Å². The summed E-state index contributed by atoms with van der Waals surface area (Å²) in [6.07, 6.45) is -1.49. The lowest BCUT2D eigenvalue weighted by Crippen LogP contribution is -2.18. The van der Waals surface area contributed by atoms with Crippen LogP contribution in [0.15, 0.2) is 30.5 Å². The first-order chi connectivity index (χ1) is 9.99. The molecule has 0 spiro atoms. The lowest BCUT2D eigenvalue weighted by molar-refractivity contribution is -0.181. The molecule has 0 aliphatic carbocycles. The summed E-state index contributed by atoms with van der Waals surface area (Å²) < 4.78 is 42.7. The topological polar surface area (TPSA) is 26.2 Å². The van der Waals surface area contributed by atoms with Gasteiger partial charge in [-0.15, -0.1) is 0 Å². The van der Waals surface area contributed by atoms with Crippen LogP contribution >= 0.6 is 0 Å². The second-order valence-corrected chi connectivity index (χ2v) is 4.95. The van der Waals surface area contributed by atoms with Crippen molar-refractivity contribution in [3.05, 3.63) is 36.0 Å². The molecule has 1 aromatic heterocycles. The minimum Gasteiger partial charge on any atom is -0.351 e. The molecule has 3 nitrogen and oxygen atoms in total. The summed E-state index contributed by atoms with van der Waals surface area (Å²) in [5.41, 5.74) is 1.99. The fourth-order valence-electron chi connectivity index (χ4n) is 2.12. The largest absolute Gasteiger partial charge is 0.411 e.